The molecule has 0 aliphatic rings. The lowest BCUT2D eigenvalue weighted by molar-refractivity contribution is -0.00000256. The van der Waals surface area contributed by atoms with Crippen LogP contribution in [0.25, 0.3) is 0 Å². The zero-order chi connectivity index (χ0) is 6.91. The van der Waals surface area contributed by atoms with Crippen molar-refractivity contribution in [1.29, 1.82) is 0 Å². The number of quaternary nitrogens is 1. The second-order valence-corrected chi connectivity index (χ2v) is 2.99. The minimum absolute atomic E-state index is 0. The van der Waals surface area contributed by atoms with Crippen molar-refractivity contribution in [2.75, 3.05) is 21.1 Å². The van der Waals surface area contributed by atoms with Crippen LogP contribution in [0.4, 0.5) is 5.69 Å². The first-order chi connectivity index (χ1) is 4.11. The maximum Gasteiger partial charge on any atom is 0.170 e. The van der Waals surface area contributed by atoms with Gasteiger partial charge in [-0.2, -0.15) is 0 Å². The summed E-state index contributed by atoms with van der Waals surface area (Å²) in [5.41, 5.74) is 1.19. The third-order valence-electron chi connectivity index (χ3n) is 1.28. The fourth-order valence-corrected chi connectivity index (χ4v) is 0.639. The molecule has 0 N–H and O–H groups in total. The van der Waals surface area contributed by atoms with Gasteiger partial charge in [0.15, 0.2) is 12.0 Å². The Morgan fingerprint density at radius 2 is 1.90 bits per heavy atom. The fourth-order valence-electron chi connectivity index (χ4n) is 0.639. The predicted octanol–water partition coefficient (Wildman–Crippen LogP) is -1.52. The average Bonchev–Trinajstić information content (AvgIpc) is 2.08. The Labute approximate surface area is 78.4 Å². The SMILES string of the molecule is C[N+](C)(C)c1ccoc1.[I-]. The Balaban J connectivity index is 0.000000810. The number of rotatable bonds is 1. The molecule has 1 rings (SSSR count). The van der Waals surface area contributed by atoms with Gasteiger partial charge in [-0.15, -0.1) is 0 Å². The Kier molecular flexibility index (Phi) is 3.38. The van der Waals surface area contributed by atoms with Gasteiger partial charge in [-0.05, 0) is 0 Å². The van der Waals surface area contributed by atoms with Gasteiger partial charge in [-0.1, -0.05) is 0 Å². The summed E-state index contributed by atoms with van der Waals surface area (Å²) in [6.07, 6.45) is 3.46. The predicted molar refractivity (Wildman–Crippen MR) is 38.3 cm³/mol. The highest BCUT2D eigenvalue weighted by atomic mass is 127. The maximum absolute atomic E-state index is 4.93. The molecule has 0 amide bonds. The number of hydrogen-bond donors (Lipinski definition) is 0. The molecule has 0 saturated carbocycles. The first kappa shape index (κ1) is 9.97. The van der Waals surface area contributed by atoms with Crippen LogP contribution in [0.15, 0.2) is 23.0 Å². The highest BCUT2D eigenvalue weighted by Crippen LogP contribution is 2.15. The minimum Gasteiger partial charge on any atom is -1.00 e. The summed E-state index contributed by atoms with van der Waals surface area (Å²) in [5, 5.41) is 0. The Hall–Kier alpha value is -0.0300. The van der Waals surface area contributed by atoms with Gasteiger partial charge in [-0.25, -0.2) is 0 Å². The Bertz CT molecular complexity index is 176. The summed E-state index contributed by atoms with van der Waals surface area (Å²) in [6, 6.07) is 1.97. The van der Waals surface area contributed by atoms with Crippen LogP contribution in [-0.4, -0.2) is 21.1 Å². The first-order valence-corrected chi connectivity index (χ1v) is 2.95. The van der Waals surface area contributed by atoms with E-state index in [4.69, 9.17) is 4.42 Å². The standard InChI is InChI=1S/C7H12NO.HI/c1-8(2,3)7-4-5-9-6-7;/h4-6H,1-3H3;1H/q+1;/p-1. The summed E-state index contributed by atoms with van der Waals surface area (Å²) >= 11 is 0. The molecule has 0 aliphatic carbocycles. The summed E-state index contributed by atoms with van der Waals surface area (Å²) in [5.74, 6) is 0. The molecule has 0 spiro atoms. The molecule has 1 aromatic heterocycles. The van der Waals surface area contributed by atoms with Gasteiger partial charge in [0.05, 0.1) is 27.4 Å². The van der Waals surface area contributed by atoms with E-state index in [1.807, 2.05) is 6.07 Å². The molecule has 10 heavy (non-hydrogen) atoms. The molecule has 0 saturated heterocycles. The molecule has 0 fully saturated rings. The van der Waals surface area contributed by atoms with E-state index in [2.05, 4.69) is 21.1 Å². The molecule has 58 valence electrons. The topological polar surface area (TPSA) is 13.1 Å². The molecule has 0 atom stereocenters. The van der Waals surface area contributed by atoms with Crippen LogP contribution in [0.5, 0.6) is 0 Å². The number of hydrogen-bond acceptors (Lipinski definition) is 1. The van der Waals surface area contributed by atoms with Crippen molar-refractivity contribution >= 4 is 5.69 Å². The lowest BCUT2D eigenvalue weighted by Crippen LogP contribution is -3.00. The largest absolute Gasteiger partial charge is 1.00 e. The molecule has 0 radical (unpaired) electrons. The van der Waals surface area contributed by atoms with E-state index in [9.17, 15) is 0 Å². The van der Waals surface area contributed by atoms with Crippen LogP contribution in [0.1, 0.15) is 0 Å². The molecule has 3 heteroatoms. The van der Waals surface area contributed by atoms with E-state index in [0.29, 0.717) is 0 Å². The average molecular weight is 253 g/mol. The first-order valence-electron chi connectivity index (χ1n) is 2.95. The van der Waals surface area contributed by atoms with E-state index in [-0.39, 0.29) is 24.0 Å². The smallest absolute Gasteiger partial charge is 0.170 e. The van der Waals surface area contributed by atoms with Crippen LogP contribution in [0.2, 0.25) is 0 Å². The zero-order valence-electron chi connectivity index (χ0n) is 6.47. The molecule has 0 bridgehead atoms. The number of furan rings is 1. The second kappa shape index (κ2) is 3.39. The summed E-state index contributed by atoms with van der Waals surface area (Å²) in [4.78, 5) is 0. The summed E-state index contributed by atoms with van der Waals surface area (Å²) < 4.78 is 5.74. The highest BCUT2D eigenvalue weighted by Gasteiger charge is 2.11. The second-order valence-electron chi connectivity index (χ2n) is 2.99. The monoisotopic (exact) mass is 253 g/mol. The quantitative estimate of drug-likeness (QED) is 0.437. The van der Waals surface area contributed by atoms with Crippen LogP contribution < -0.4 is 28.5 Å². The lowest BCUT2D eigenvalue weighted by Gasteiger charge is -2.20. The van der Waals surface area contributed by atoms with Gasteiger partial charge in [0.25, 0.3) is 0 Å². The lowest BCUT2D eigenvalue weighted by atomic mass is 10.4. The molecule has 1 aromatic rings. The summed E-state index contributed by atoms with van der Waals surface area (Å²) in [7, 11) is 6.31. The third-order valence-corrected chi connectivity index (χ3v) is 1.28. The highest BCUT2D eigenvalue weighted by molar-refractivity contribution is 5.36. The Morgan fingerprint density at radius 1 is 1.30 bits per heavy atom. The third kappa shape index (κ3) is 2.30. The van der Waals surface area contributed by atoms with E-state index in [0.717, 1.165) is 4.48 Å². The zero-order valence-corrected chi connectivity index (χ0v) is 8.62. The van der Waals surface area contributed by atoms with Crippen LogP contribution in [-0.2, 0) is 0 Å². The fraction of sp³-hybridized carbons (Fsp3) is 0.429. The van der Waals surface area contributed by atoms with Crippen LogP contribution in [0.3, 0.4) is 0 Å². The normalized spacial score (nSPS) is 10.7. The van der Waals surface area contributed by atoms with Gasteiger partial charge in [0.1, 0.15) is 0 Å². The van der Waals surface area contributed by atoms with Crippen molar-refractivity contribution in [3.05, 3.63) is 18.6 Å². The van der Waals surface area contributed by atoms with E-state index in [1.54, 1.807) is 12.5 Å². The van der Waals surface area contributed by atoms with Crippen molar-refractivity contribution in [1.82, 2.24) is 4.48 Å². The van der Waals surface area contributed by atoms with Crippen molar-refractivity contribution < 1.29 is 28.4 Å². The van der Waals surface area contributed by atoms with Gasteiger partial charge < -0.3 is 28.4 Å². The minimum atomic E-state index is 0. The molecular weight excluding hydrogens is 241 g/mol. The van der Waals surface area contributed by atoms with Crippen molar-refractivity contribution in [2.45, 2.75) is 0 Å². The van der Waals surface area contributed by atoms with E-state index < -0.39 is 0 Å². The van der Waals surface area contributed by atoms with Gasteiger partial charge >= 0.3 is 0 Å². The number of halogens is 1. The molecule has 1 heterocycles. The van der Waals surface area contributed by atoms with Crippen molar-refractivity contribution in [2.24, 2.45) is 0 Å². The van der Waals surface area contributed by atoms with Crippen molar-refractivity contribution in [3.63, 3.8) is 0 Å². The van der Waals surface area contributed by atoms with Crippen LogP contribution >= 0.6 is 0 Å². The van der Waals surface area contributed by atoms with E-state index in [1.165, 1.54) is 5.69 Å². The van der Waals surface area contributed by atoms with Gasteiger partial charge in [0, 0.05) is 6.07 Å². The molecular formula is C7H12INO. The number of nitrogens with zero attached hydrogens (tertiary/aromatic N) is 1. The molecule has 0 unspecified atom stereocenters. The molecule has 0 aromatic carbocycles. The van der Waals surface area contributed by atoms with E-state index >= 15 is 0 Å². The Morgan fingerprint density at radius 3 is 2.10 bits per heavy atom. The van der Waals surface area contributed by atoms with Gasteiger partial charge in [0.2, 0.25) is 0 Å². The summed E-state index contributed by atoms with van der Waals surface area (Å²) in [6.45, 7) is 0. The molecule has 2 nitrogen and oxygen atoms in total. The van der Waals surface area contributed by atoms with Gasteiger partial charge in [-0.3, -0.25) is 4.48 Å². The van der Waals surface area contributed by atoms with Crippen molar-refractivity contribution in [3.8, 4) is 0 Å². The maximum atomic E-state index is 4.93. The van der Waals surface area contributed by atoms with Crippen LogP contribution in [0, 0.1) is 0 Å². The molecule has 0 aliphatic heterocycles.